The Morgan fingerprint density at radius 2 is 1.75 bits per heavy atom. The van der Waals surface area contributed by atoms with Crippen molar-refractivity contribution in [1.82, 2.24) is 0 Å². The van der Waals surface area contributed by atoms with E-state index in [9.17, 15) is 0 Å². The van der Waals surface area contributed by atoms with Crippen molar-refractivity contribution in [1.29, 1.82) is 0 Å². The highest BCUT2D eigenvalue weighted by Crippen LogP contribution is 1.69. The fraction of sp³-hybridized carbons (Fsp3) is 0.143. The van der Waals surface area contributed by atoms with Gasteiger partial charge in [-0.2, -0.15) is 0 Å². The average molecular weight is 112 g/mol. The molecule has 0 radical (unpaired) electrons. The maximum atomic E-state index is 4.63. The summed E-state index contributed by atoms with van der Waals surface area (Å²) in [6, 6.07) is 0. The summed E-state index contributed by atoms with van der Waals surface area (Å²) in [7, 11) is 0. The van der Waals surface area contributed by atoms with Gasteiger partial charge >= 0.3 is 0 Å². The Bertz CT molecular complexity index is 49.4. The lowest BCUT2D eigenvalue weighted by atomic mass is 10.7. The van der Waals surface area contributed by atoms with Crippen LogP contribution in [-0.2, 0) is 4.74 Å². The van der Waals surface area contributed by atoms with Crippen LogP contribution in [0.25, 0.3) is 0 Å². The molecule has 0 amide bonds. The topological polar surface area (TPSA) is 9.23 Å². The summed E-state index contributed by atoms with van der Waals surface area (Å²) in [6.45, 7) is 13.3. The Hall–Kier alpha value is -0.980. The molecule has 0 atom stereocenters. The van der Waals surface area contributed by atoms with E-state index in [4.69, 9.17) is 0 Å². The summed E-state index contributed by atoms with van der Waals surface area (Å²) in [4.78, 5) is 0. The van der Waals surface area contributed by atoms with Crippen LogP contribution in [-0.4, -0.2) is 6.61 Å². The summed E-state index contributed by atoms with van der Waals surface area (Å²) in [5.41, 5.74) is 0. The molecule has 0 spiro atoms. The van der Waals surface area contributed by atoms with Gasteiger partial charge in [-0.05, 0) is 0 Å². The predicted octanol–water partition coefficient (Wildman–Crippen LogP) is 2.13. The molecule has 0 aliphatic rings. The third kappa shape index (κ3) is 19.9. The lowest BCUT2D eigenvalue weighted by Crippen LogP contribution is -1.75. The molecule has 0 saturated carbocycles. The highest BCUT2D eigenvalue weighted by molar-refractivity contribution is 4.65. The zero-order valence-corrected chi connectivity index (χ0v) is 5.10. The number of hydrogen-bond acceptors (Lipinski definition) is 1. The highest BCUT2D eigenvalue weighted by atomic mass is 16.5. The van der Waals surface area contributed by atoms with E-state index in [1.807, 2.05) is 0 Å². The van der Waals surface area contributed by atoms with Gasteiger partial charge in [0.1, 0.15) is 6.61 Å². The van der Waals surface area contributed by atoms with Crippen LogP contribution < -0.4 is 0 Å². The maximum absolute atomic E-state index is 4.63. The molecule has 0 rings (SSSR count). The van der Waals surface area contributed by atoms with Crippen molar-refractivity contribution in [2.24, 2.45) is 0 Å². The van der Waals surface area contributed by atoms with Gasteiger partial charge in [0.2, 0.25) is 0 Å². The first-order chi connectivity index (χ1) is 3.91. The molecule has 1 heteroatoms. The number of rotatable bonds is 3. The third-order valence-corrected chi connectivity index (χ3v) is 0.332. The van der Waals surface area contributed by atoms with E-state index in [1.54, 1.807) is 6.08 Å². The van der Waals surface area contributed by atoms with E-state index >= 15 is 0 Å². The fourth-order valence-corrected chi connectivity index (χ4v) is 0.136. The fourth-order valence-electron chi connectivity index (χ4n) is 0.136. The minimum absolute atomic E-state index is 0.559. The molecular formula is C7H12O. The Morgan fingerprint density at radius 1 is 1.25 bits per heavy atom. The zero-order chi connectivity index (χ0) is 6.83. The molecule has 0 aromatic carbocycles. The van der Waals surface area contributed by atoms with Crippen molar-refractivity contribution >= 4 is 0 Å². The molecule has 0 bridgehead atoms. The van der Waals surface area contributed by atoms with Gasteiger partial charge in [0.25, 0.3) is 0 Å². The van der Waals surface area contributed by atoms with Gasteiger partial charge in [-0.3, -0.25) is 0 Å². The normalized spacial score (nSPS) is 5.50. The lowest BCUT2D eigenvalue weighted by molar-refractivity contribution is 0.291. The molecule has 0 aromatic rings. The van der Waals surface area contributed by atoms with Crippen LogP contribution in [0, 0.1) is 0 Å². The predicted molar refractivity (Wildman–Crippen MR) is 37.6 cm³/mol. The summed E-state index contributed by atoms with van der Waals surface area (Å²) < 4.78 is 4.63. The molecule has 0 unspecified atom stereocenters. The van der Waals surface area contributed by atoms with Crippen molar-refractivity contribution in [2.45, 2.75) is 0 Å². The van der Waals surface area contributed by atoms with Gasteiger partial charge in [0, 0.05) is 0 Å². The molecule has 0 fully saturated rings. The molecule has 0 aromatic heterocycles. The Kier molecular flexibility index (Phi) is 21.0. The summed E-state index contributed by atoms with van der Waals surface area (Å²) in [6.07, 6.45) is 3.06. The average Bonchev–Trinajstić information content (AvgIpc) is 1.88. The SMILES string of the molecule is C=C.C=CCOC=C. The molecule has 0 saturated heterocycles. The van der Waals surface area contributed by atoms with Crippen molar-refractivity contribution < 1.29 is 4.74 Å². The van der Waals surface area contributed by atoms with Gasteiger partial charge in [-0.1, -0.05) is 19.2 Å². The van der Waals surface area contributed by atoms with Gasteiger partial charge in [-0.15, -0.1) is 13.2 Å². The van der Waals surface area contributed by atoms with Gasteiger partial charge < -0.3 is 4.74 Å². The molecule has 0 aliphatic heterocycles. The van der Waals surface area contributed by atoms with E-state index in [1.165, 1.54) is 6.26 Å². The minimum atomic E-state index is 0.559. The maximum Gasteiger partial charge on any atom is 0.105 e. The van der Waals surface area contributed by atoms with E-state index in [2.05, 4.69) is 31.1 Å². The van der Waals surface area contributed by atoms with Crippen LogP contribution in [0.5, 0.6) is 0 Å². The largest absolute Gasteiger partial charge is 0.498 e. The standard InChI is InChI=1S/C5H8O.C2H4/c1-3-5-6-4-2;1-2/h3-4H,1-2,5H2;1-2H2. The molecule has 0 N–H and O–H groups in total. The second-order valence-corrected chi connectivity index (χ2v) is 0.789. The molecule has 0 aliphatic carbocycles. The van der Waals surface area contributed by atoms with Gasteiger partial charge in [0.05, 0.1) is 6.26 Å². The molecule has 0 heterocycles. The second-order valence-electron chi connectivity index (χ2n) is 0.789. The van der Waals surface area contributed by atoms with Gasteiger partial charge in [-0.25, -0.2) is 0 Å². The first-order valence-electron chi connectivity index (χ1n) is 2.25. The van der Waals surface area contributed by atoms with Crippen molar-refractivity contribution in [3.63, 3.8) is 0 Å². The minimum Gasteiger partial charge on any atom is -0.498 e. The molecular weight excluding hydrogens is 100 g/mol. The zero-order valence-electron chi connectivity index (χ0n) is 5.10. The van der Waals surface area contributed by atoms with Crippen LogP contribution in [0.15, 0.2) is 38.7 Å². The van der Waals surface area contributed by atoms with E-state index < -0.39 is 0 Å². The highest BCUT2D eigenvalue weighted by Gasteiger charge is 1.61. The third-order valence-electron chi connectivity index (χ3n) is 0.332. The summed E-state index contributed by atoms with van der Waals surface area (Å²) >= 11 is 0. The van der Waals surface area contributed by atoms with E-state index in [-0.39, 0.29) is 0 Å². The van der Waals surface area contributed by atoms with Gasteiger partial charge in [0.15, 0.2) is 0 Å². The number of ether oxygens (including phenoxy) is 1. The smallest absolute Gasteiger partial charge is 0.105 e. The lowest BCUT2D eigenvalue weighted by Gasteiger charge is -1.86. The Morgan fingerprint density at radius 3 is 1.88 bits per heavy atom. The van der Waals surface area contributed by atoms with Crippen molar-refractivity contribution in [2.75, 3.05) is 6.61 Å². The Labute approximate surface area is 51.0 Å². The van der Waals surface area contributed by atoms with Crippen LogP contribution >= 0.6 is 0 Å². The molecule has 1 nitrogen and oxygen atoms in total. The summed E-state index contributed by atoms with van der Waals surface area (Å²) in [5.74, 6) is 0. The van der Waals surface area contributed by atoms with E-state index in [0.717, 1.165) is 0 Å². The van der Waals surface area contributed by atoms with Crippen molar-refractivity contribution in [3.8, 4) is 0 Å². The Balaban J connectivity index is 0. The first kappa shape index (κ1) is 10.1. The van der Waals surface area contributed by atoms with Crippen molar-refractivity contribution in [3.05, 3.63) is 38.7 Å². The quantitative estimate of drug-likeness (QED) is 0.309. The summed E-state index contributed by atoms with van der Waals surface area (Å²) in [5, 5.41) is 0. The van der Waals surface area contributed by atoms with Crippen LogP contribution in [0.1, 0.15) is 0 Å². The number of hydrogen-bond donors (Lipinski definition) is 0. The van der Waals surface area contributed by atoms with E-state index in [0.29, 0.717) is 6.61 Å². The van der Waals surface area contributed by atoms with Crippen LogP contribution in [0.2, 0.25) is 0 Å². The first-order valence-corrected chi connectivity index (χ1v) is 2.25. The van der Waals surface area contributed by atoms with Crippen LogP contribution in [0.4, 0.5) is 0 Å². The second kappa shape index (κ2) is 16.6. The van der Waals surface area contributed by atoms with Crippen LogP contribution in [0.3, 0.4) is 0 Å². The molecule has 46 valence electrons. The molecule has 8 heavy (non-hydrogen) atoms. The monoisotopic (exact) mass is 112 g/mol.